The zero-order valence-corrected chi connectivity index (χ0v) is 30.0. The first-order valence-corrected chi connectivity index (χ1v) is 19.4. The van der Waals surface area contributed by atoms with Crippen molar-refractivity contribution in [2.24, 2.45) is 0 Å². The summed E-state index contributed by atoms with van der Waals surface area (Å²) in [6, 6.07) is 29.9. The molecule has 2 amide bonds. The fourth-order valence-corrected chi connectivity index (χ4v) is 8.03. The lowest BCUT2D eigenvalue weighted by molar-refractivity contribution is -0.140. The summed E-state index contributed by atoms with van der Waals surface area (Å²) in [5.41, 5.74) is 3.09. The van der Waals surface area contributed by atoms with Gasteiger partial charge in [0.1, 0.15) is 18.3 Å². The van der Waals surface area contributed by atoms with E-state index in [-0.39, 0.29) is 29.8 Å². The molecule has 0 radical (unpaired) electrons. The van der Waals surface area contributed by atoms with Crippen LogP contribution in [0.4, 0.5) is 5.69 Å². The smallest absolute Gasteiger partial charge is 0.264 e. The van der Waals surface area contributed by atoms with Crippen LogP contribution in [-0.2, 0) is 32.6 Å². The van der Waals surface area contributed by atoms with Crippen molar-refractivity contribution in [1.82, 2.24) is 10.2 Å². The van der Waals surface area contributed by atoms with Gasteiger partial charge in [-0.2, -0.15) is 0 Å². The summed E-state index contributed by atoms with van der Waals surface area (Å²) in [5, 5.41) is 3.22. The fourth-order valence-electron chi connectivity index (χ4n) is 6.21. The Morgan fingerprint density at radius 1 is 0.898 bits per heavy atom. The Balaban J connectivity index is 1.56. The molecule has 1 aliphatic carbocycles. The van der Waals surface area contributed by atoms with Gasteiger partial charge in [0, 0.05) is 23.9 Å². The first-order valence-electron chi connectivity index (χ1n) is 16.8. The highest BCUT2D eigenvalue weighted by atomic mass is 32.2. The van der Waals surface area contributed by atoms with Gasteiger partial charge in [-0.3, -0.25) is 13.9 Å². The highest BCUT2D eigenvalue weighted by Gasteiger charge is 2.35. The lowest BCUT2D eigenvalue weighted by Crippen LogP contribution is -2.54. The lowest BCUT2D eigenvalue weighted by atomic mass is 10.0. The summed E-state index contributed by atoms with van der Waals surface area (Å²) in [4.78, 5) is 31.5. The monoisotopic (exact) mass is 699 g/mol. The van der Waals surface area contributed by atoms with Crippen molar-refractivity contribution in [1.29, 1.82) is 0 Å². The van der Waals surface area contributed by atoms with Gasteiger partial charge in [-0.05, 0) is 92.6 Å². The van der Waals surface area contributed by atoms with E-state index in [2.05, 4.69) is 5.32 Å². The quantitative estimate of drug-likeness (QED) is 0.134. The summed E-state index contributed by atoms with van der Waals surface area (Å²) in [7, 11) is -4.20. The van der Waals surface area contributed by atoms with Gasteiger partial charge in [-0.1, -0.05) is 73.0 Å². The summed E-state index contributed by atoms with van der Waals surface area (Å²) in [6.45, 7) is 3.94. The van der Waals surface area contributed by atoms with Crippen LogP contribution < -0.4 is 14.4 Å². The van der Waals surface area contributed by atoms with Gasteiger partial charge >= 0.3 is 0 Å². The molecule has 1 aliphatic rings. The number of amides is 2. The van der Waals surface area contributed by atoms with Crippen molar-refractivity contribution in [2.75, 3.05) is 23.7 Å². The van der Waals surface area contributed by atoms with Crippen LogP contribution in [0.15, 0.2) is 113 Å². The number of rotatable bonds is 15. The van der Waals surface area contributed by atoms with Crippen LogP contribution in [0.1, 0.15) is 49.3 Å². The number of carbonyl (C=O) groups excluding carboxylic acids is 2. The number of hydrogen-bond donors (Lipinski definition) is 1. The minimum absolute atomic E-state index is 0.0479. The molecule has 5 rings (SSSR count). The van der Waals surface area contributed by atoms with E-state index in [1.54, 1.807) is 53.4 Å². The molecule has 0 aromatic heterocycles. The van der Waals surface area contributed by atoms with E-state index in [9.17, 15) is 18.0 Å². The molecule has 0 heterocycles. The first-order chi connectivity index (χ1) is 23.7. The number of ether oxygens (including phenoxy) is 1. The van der Waals surface area contributed by atoms with E-state index < -0.39 is 28.5 Å². The number of thioether (sulfide) groups is 1. The molecule has 49 heavy (non-hydrogen) atoms. The Labute approximate surface area is 294 Å². The predicted octanol–water partition coefficient (Wildman–Crippen LogP) is 7.01. The molecule has 0 bridgehead atoms. The Morgan fingerprint density at radius 3 is 2.20 bits per heavy atom. The second-order valence-electron chi connectivity index (χ2n) is 12.3. The minimum atomic E-state index is -4.20. The van der Waals surface area contributed by atoms with Crippen molar-refractivity contribution in [3.8, 4) is 5.75 Å². The van der Waals surface area contributed by atoms with Gasteiger partial charge in [-0.15, -0.1) is 11.8 Å². The molecule has 0 unspecified atom stereocenters. The number of sulfonamides is 1. The second kappa shape index (κ2) is 16.9. The van der Waals surface area contributed by atoms with Crippen LogP contribution in [0, 0.1) is 6.92 Å². The van der Waals surface area contributed by atoms with Crippen LogP contribution in [0.3, 0.4) is 0 Å². The van der Waals surface area contributed by atoms with E-state index in [1.165, 1.54) is 11.8 Å². The summed E-state index contributed by atoms with van der Waals surface area (Å²) in [5.74, 6) is -0.131. The van der Waals surface area contributed by atoms with E-state index >= 15 is 0 Å². The first kappa shape index (κ1) is 36.0. The SMILES string of the molecule is CCOc1ccc(N(CC(=O)N(Cc2cccc(C)c2)[C@H](Cc2ccccc2)C(=O)NC2CCCC2)S(=O)(=O)c2ccc(SC)cc2)cc1. The normalized spacial score (nSPS) is 13.9. The van der Waals surface area contributed by atoms with E-state index in [0.717, 1.165) is 51.6 Å². The molecular weight excluding hydrogens is 655 g/mol. The average molecular weight is 700 g/mol. The largest absolute Gasteiger partial charge is 0.494 e. The molecule has 1 saturated carbocycles. The number of hydrogen-bond acceptors (Lipinski definition) is 6. The number of anilines is 1. The molecule has 1 N–H and O–H groups in total. The third-order valence-electron chi connectivity index (χ3n) is 8.77. The van der Waals surface area contributed by atoms with Crippen molar-refractivity contribution in [3.05, 3.63) is 120 Å². The van der Waals surface area contributed by atoms with Crippen molar-refractivity contribution in [2.45, 2.75) is 74.4 Å². The summed E-state index contributed by atoms with van der Waals surface area (Å²) >= 11 is 1.51. The van der Waals surface area contributed by atoms with Crippen molar-refractivity contribution < 1.29 is 22.7 Å². The predicted molar refractivity (Wildman–Crippen MR) is 196 cm³/mol. The van der Waals surface area contributed by atoms with Crippen molar-refractivity contribution >= 4 is 39.3 Å². The lowest BCUT2D eigenvalue weighted by Gasteiger charge is -2.34. The molecule has 0 saturated heterocycles. The van der Waals surface area contributed by atoms with Crippen LogP contribution in [0.25, 0.3) is 0 Å². The molecule has 258 valence electrons. The van der Waals surface area contributed by atoms with Crippen LogP contribution >= 0.6 is 11.8 Å². The summed E-state index contributed by atoms with van der Waals surface area (Å²) < 4.78 is 35.5. The zero-order valence-electron chi connectivity index (χ0n) is 28.4. The molecule has 1 fully saturated rings. The maximum absolute atomic E-state index is 14.7. The van der Waals surface area contributed by atoms with Crippen molar-refractivity contribution in [3.63, 3.8) is 0 Å². The molecule has 1 atom stereocenters. The molecule has 4 aromatic carbocycles. The van der Waals surface area contributed by atoms with Gasteiger partial charge in [0.2, 0.25) is 11.8 Å². The molecule has 0 spiro atoms. The summed E-state index contributed by atoms with van der Waals surface area (Å²) in [6.07, 6.45) is 6.10. The molecule has 0 aliphatic heterocycles. The Hall–Kier alpha value is -4.28. The van der Waals surface area contributed by atoms with Gasteiger partial charge in [0.25, 0.3) is 10.0 Å². The van der Waals surface area contributed by atoms with Gasteiger partial charge in [0.05, 0.1) is 17.2 Å². The highest BCUT2D eigenvalue weighted by molar-refractivity contribution is 7.98. The Bertz CT molecular complexity index is 1790. The highest BCUT2D eigenvalue weighted by Crippen LogP contribution is 2.28. The van der Waals surface area contributed by atoms with Gasteiger partial charge < -0.3 is 15.0 Å². The maximum atomic E-state index is 14.7. The maximum Gasteiger partial charge on any atom is 0.264 e. The third kappa shape index (κ3) is 9.45. The minimum Gasteiger partial charge on any atom is -0.494 e. The zero-order chi connectivity index (χ0) is 34.8. The molecular formula is C39H45N3O5S2. The van der Waals surface area contributed by atoms with E-state index in [4.69, 9.17) is 4.74 Å². The number of carbonyl (C=O) groups is 2. The number of benzene rings is 4. The molecule has 10 heteroatoms. The molecule has 8 nitrogen and oxygen atoms in total. The number of aryl methyl sites for hydroxylation is 1. The third-order valence-corrected chi connectivity index (χ3v) is 11.3. The second-order valence-corrected chi connectivity index (χ2v) is 15.1. The van der Waals surface area contributed by atoms with Gasteiger partial charge in [0.15, 0.2) is 0 Å². The standard InChI is InChI=1S/C39H45N3O5S2/c1-4-47-34-19-17-33(18-20-34)42(49(45,46)36-23-21-35(48-3)22-24-36)28-38(43)41(27-31-14-10-11-29(2)25-31)37(26-30-12-6-5-7-13-30)39(44)40-32-15-8-9-16-32/h5-7,10-14,17-25,32,37H,4,8-9,15-16,26-28H2,1-3H3,(H,40,44)/t37-/m1/s1. The van der Waals surface area contributed by atoms with E-state index in [1.807, 2.05) is 74.7 Å². The Morgan fingerprint density at radius 2 is 1.57 bits per heavy atom. The van der Waals surface area contributed by atoms with Crippen LogP contribution in [0.2, 0.25) is 0 Å². The number of nitrogens with zero attached hydrogens (tertiary/aromatic N) is 2. The topological polar surface area (TPSA) is 96.0 Å². The fraction of sp³-hybridized carbons (Fsp3) is 0.333. The van der Waals surface area contributed by atoms with E-state index in [0.29, 0.717) is 18.0 Å². The number of nitrogens with one attached hydrogen (secondary N) is 1. The molecule has 4 aromatic rings. The van der Waals surface area contributed by atoms with Crippen LogP contribution in [-0.4, -0.2) is 56.6 Å². The average Bonchev–Trinajstić information content (AvgIpc) is 3.62. The van der Waals surface area contributed by atoms with Crippen LogP contribution in [0.5, 0.6) is 5.75 Å². The Kier molecular flexibility index (Phi) is 12.4. The van der Waals surface area contributed by atoms with Gasteiger partial charge in [-0.25, -0.2) is 8.42 Å².